The van der Waals surface area contributed by atoms with Crippen molar-refractivity contribution in [1.29, 1.82) is 0 Å². The number of rotatable bonds is 5. The Hall–Kier alpha value is -1.52. The fourth-order valence-corrected chi connectivity index (χ4v) is 3.13. The maximum absolute atomic E-state index is 11.0. The van der Waals surface area contributed by atoms with E-state index in [0.29, 0.717) is 0 Å². The lowest BCUT2D eigenvalue weighted by Gasteiger charge is -2.28. The molecule has 2 rings (SSSR count). The van der Waals surface area contributed by atoms with E-state index in [4.69, 9.17) is 10.8 Å². The van der Waals surface area contributed by atoms with Crippen molar-refractivity contribution in [1.82, 2.24) is 0 Å². The van der Waals surface area contributed by atoms with Gasteiger partial charge in [0.25, 0.3) is 0 Å². The first-order chi connectivity index (χ1) is 9.42. The predicted octanol–water partition coefficient (Wildman–Crippen LogP) is 3.26. The van der Waals surface area contributed by atoms with Crippen LogP contribution in [0, 0.1) is 0 Å². The highest BCUT2D eigenvalue weighted by Gasteiger charge is 2.32. The lowest BCUT2D eigenvalue weighted by Crippen LogP contribution is -2.46. The van der Waals surface area contributed by atoms with Crippen LogP contribution in [0.1, 0.15) is 19.4 Å². The number of hydrogen-bond donors (Lipinski definition) is 2. The van der Waals surface area contributed by atoms with Crippen molar-refractivity contribution in [3.05, 3.63) is 48.0 Å². The van der Waals surface area contributed by atoms with Gasteiger partial charge in [-0.2, -0.15) is 0 Å². The zero-order chi connectivity index (χ0) is 14.8. The average Bonchev–Trinajstić information content (AvgIpc) is 2.44. The van der Waals surface area contributed by atoms with Gasteiger partial charge in [-0.25, -0.2) is 0 Å². The van der Waals surface area contributed by atoms with Crippen LogP contribution in [-0.2, 0) is 10.5 Å². The highest BCUT2D eigenvalue weighted by Crippen LogP contribution is 2.32. The van der Waals surface area contributed by atoms with Crippen molar-refractivity contribution in [2.75, 3.05) is 0 Å². The summed E-state index contributed by atoms with van der Waals surface area (Å²) in [6.07, 6.45) is 0. The van der Waals surface area contributed by atoms with E-state index in [-0.39, 0.29) is 0 Å². The third kappa shape index (κ3) is 3.14. The van der Waals surface area contributed by atoms with Crippen molar-refractivity contribution in [2.45, 2.75) is 30.4 Å². The molecule has 106 valence electrons. The van der Waals surface area contributed by atoms with Crippen LogP contribution < -0.4 is 5.73 Å². The molecule has 0 fully saturated rings. The van der Waals surface area contributed by atoms with Crippen LogP contribution in [0.4, 0.5) is 0 Å². The van der Waals surface area contributed by atoms with E-state index in [0.717, 1.165) is 5.75 Å². The second kappa shape index (κ2) is 5.85. The van der Waals surface area contributed by atoms with Gasteiger partial charge in [-0.3, -0.25) is 4.79 Å². The maximum atomic E-state index is 11.0. The number of benzene rings is 2. The molecule has 2 aromatic carbocycles. The molecule has 3 nitrogen and oxygen atoms in total. The Morgan fingerprint density at radius 1 is 1.25 bits per heavy atom. The molecule has 20 heavy (non-hydrogen) atoms. The van der Waals surface area contributed by atoms with Crippen LogP contribution in [0.15, 0.2) is 42.5 Å². The monoisotopic (exact) mass is 289 g/mol. The Bertz CT molecular complexity index is 619. The molecule has 0 bridgehead atoms. The third-order valence-corrected chi connectivity index (χ3v) is 4.95. The zero-order valence-corrected chi connectivity index (χ0v) is 12.5. The summed E-state index contributed by atoms with van der Waals surface area (Å²) in [6, 6.07) is 13.5. The summed E-state index contributed by atoms with van der Waals surface area (Å²) in [5.41, 5.74) is 6.96. The van der Waals surface area contributed by atoms with E-state index in [2.05, 4.69) is 24.3 Å². The minimum absolute atomic E-state index is 0.511. The van der Waals surface area contributed by atoms with E-state index in [1.165, 1.54) is 16.3 Å². The average molecular weight is 289 g/mol. The molecule has 0 saturated heterocycles. The standard InChI is InChI=1S/C16H19NO2S/c1-16(2,14(17)15(18)19)20-10-12-8-5-7-11-6-3-4-9-13(11)12/h3-9,14H,10,17H2,1-2H3,(H,18,19)/t14-/m0/s1. The van der Waals surface area contributed by atoms with E-state index in [1.54, 1.807) is 11.8 Å². The summed E-state index contributed by atoms with van der Waals surface area (Å²) in [7, 11) is 0. The molecule has 0 aliphatic heterocycles. The maximum Gasteiger partial charge on any atom is 0.321 e. The van der Waals surface area contributed by atoms with Crippen molar-refractivity contribution in [3.63, 3.8) is 0 Å². The first-order valence-electron chi connectivity index (χ1n) is 6.51. The molecule has 0 amide bonds. The number of thioether (sulfide) groups is 1. The molecule has 0 aliphatic rings. The van der Waals surface area contributed by atoms with Crippen molar-refractivity contribution < 1.29 is 9.90 Å². The Balaban J connectivity index is 2.19. The minimum atomic E-state index is -0.958. The quantitative estimate of drug-likeness (QED) is 0.886. The number of carbonyl (C=O) groups is 1. The van der Waals surface area contributed by atoms with Crippen molar-refractivity contribution >= 4 is 28.5 Å². The molecule has 0 radical (unpaired) electrons. The van der Waals surface area contributed by atoms with Gasteiger partial charge in [0.2, 0.25) is 0 Å². The number of carboxylic acids is 1. The topological polar surface area (TPSA) is 63.3 Å². The van der Waals surface area contributed by atoms with Gasteiger partial charge >= 0.3 is 5.97 Å². The number of nitrogens with two attached hydrogens (primary N) is 1. The fraction of sp³-hybridized carbons (Fsp3) is 0.312. The van der Waals surface area contributed by atoms with Gasteiger partial charge in [0.15, 0.2) is 0 Å². The Morgan fingerprint density at radius 3 is 2.60 bits per heavy atom. The molecule has 0 unspecified atom stereocenters. The van der Waals surface area contributed by atoms with E-state index >= 15 is 0 Å². The number of fused-ring (bicyclic) bond motifs is 1. The first kappa shape index (κ1) is 14.9. The normalized spacial score (nSPS) is 13.3. The highest BCUT2D eigenvalue weighted by atomic mass is 32.2. The summed E-state index contributed by atoms with van der Waals surface area (Å²) in [6.45, 7) is 3.75. The molecule has 1 atom stereocenters. The van der Waals surface area contributed by atoms with Gasteiger partial charge in [-0.05, 0) is 30.2 Å². The minimum Gasteiger partial charge on any atom is -0.480 e. The van der Waals surface area contributed by atoms with Crippen molar-refractivity contribution in [2.24, 2.45) is 5.73 Å². The molecule has 0 aliphatic carbocycles. The van der Waals surface area contributed by atoms with Gasteiger partial charge in [0, 0.05) is 10.5 Å². The van der Waals surface area contributed by atoms with Gasteiger partial charge < -0.3 is 10.8 Å². The molecule has 3 N–H and O–H groups in total. The lowest BCUT2D eigenvalue weighted by molar-refractivity contribution is -0.139. The molecule has 2 aromatic rings. The molecular formula is C16H19NO2S. The summed E-state index contributed by atoms with van der Waals surface area (Å²) in [4.78, 5) is 11.0. The second-order valence-corrected chi connectivity index (χ2v) is 6.98. The van der Waals surface area contributed by atoms with Crippen LogP contribution in [0.25, 0.3) is 10.8 Å². The largest absolute Gasteiger partial charge is 0.480 e. The Kier molecular flexibility index (Phi) is 4.35. The molecule has 4 heteroatoms. The Morgan fingerprint density at radius 2 is 1.90 bits per heavy atom. The van der Waals surface area contributed by atoms with Crippen LogP contribution in [0.5, 0.6) is 0 Å². The first-order valence-corrected chi connectivity index (χ1v) is 7.49. The molecule has 0 saturated carbocycles. The van der Waals surface area contributed by atoms with Gasteiger partial charge in [0.05, 0.1) is 0 Å². The third-order valence-electron chi connectivity index (χ3n) is 3.49. The zero-order valence-electron chi connectivity index (χ0n) is 11.7. The van der Waals surface area contributed by atoms with Crippen LogP contribution >= 0.6 is 11.8 Å². The van der Waals surface area contributed by atoms with Crippen LogP contribution in [0.2, 0.25) is 0 Å². The molecular weight excluding hydrogens is 270 g/mol. The second-order valence-electron chi connectivity index (χ2n) is 5.35. The number of hydrogen-bond acceptors (Lipinski definition) is 3. The van der Waals surface area contributed by atoms with Crippen molar-refractivity contribution in [3.8, 4) is 0 Å². The fourth-order valence-electron chi connectivity index (χ4n) is 2.07. The lowest BCUT2D eigenvalue weighted by atomic mass is 10.0. The summed E-state index contributed by atoms with van der Waals surface area (Å²) < 4.78 is -0.511. The van der Waals surface area contributed by atoms with Crippen LogP contribution in [-0.4, -0.2) is 21.9 Å². The molecule has 0 aromatic heterocycles. The summed E-state index contributed by atoms with van der Waals surface area (Å²) in [5, 5.41) is 11.5. The smallest absolute Gasteiger partial charge is 0.321 e. The SMILES string of the molecule is CC(C)(SCc1cccc2ccccc12)[C@@H](N)C(=O)O. The molecule has 0 spiro atoms. The Labute approximate surface area is 123 Å². The summed E-state index contributed by atoms with van der Waals surface area (Å²) >= 11 is 1.58. The highest BCUT2D eigenvalue weighted by molar-refractivity contribution is 7.99. The van der Waals surface area contributed by atoms with Gasteiger partial charge in [-0.1, -0.05) is 42.5 Å². The number of aliphatic carboxylic acids is 1. The summed E-state index contributed by atoms with van der Waals surface area (Å²) in [5.74, 6) is -0.213. The van der Waals surface area contributed by atoms with E-state index < -0.39 is 16.8 Å². The molecule has 0 heterocycles. The van der Waals surface area contributed by atoms with E-state index in [9.17, 15) is 4.79 Å². The van der Waals surface area contributed by atoms with E-state index in [1.807, 2.05) is 32.0 Å². The van der Waals surface area contributed by atoms with Gasteiger partial charge in [-0.15, -0.1) is 11.8 Å². The van der Waals surface area contributed by atoms with Gasteiger partial charge in [0.1, 0.15) is 6.04 Å². The predicted molar refractivity (Wildman–Crippen MR) is 84.9 cm³/mol. The number of carboxylic acid groups (broad SMARTS) is 1. The van der Waals surface area contributed by atoms with Crippen LogP contribution in [0.3, 0.4) is 0 Å².